The van der Waals surface area contributed by atoms with Gasteiger partial charge in [-0.1, -0.05) is 23.5 Å². The summed E-state index contributed by atoms with van der Waals surface area (Å²) < 4.78 is 5.98. The van der Waals surface area contributed by atoms with Gasteiger partial charge in [0.25, 0.3) is 0 Å². The van der Waals surface area contributed by atoms with E-state index in [4.69, 9.17) is 9.72 Å². The standard InChI is InChI=1S/C20H23N3OS2/c1-23-11-9-14(10-12-23)13-24-18-8-7-17-20(22-18)26-19(21-17)15-3-5-16(25-2)6-4-15/h3-8,14H,9-13H2,1-2H3. The Labute approximate surface area is 162 Å². The van der Waals surface area contributed by atoms with Crippen LogP contribution in [0.3, 0.4) is 0 Å². The Balaban J connectivity index is 1.46. The molecule has 1 aliphatic rings. The molecular formula is C20H23N3OS2. The van der Waals surface area contributed by atoms with Gasteiger partial charge in [-0.05, 0) is 63.4 Å². The zero-order chi connectivity index (χ0) is 17.9. The highest BCUT2D eigenvalue weighted by Crippen LogP contribution is 2.31. The quantitative estimate of drug-likeness (QED) is 0.590. The average molecular weight is 386 g/mol. The number of hydrogen-bond acceptors (Lipinski definition) is 6. The van der Waals surface area contributed by atoms with Crippen LogP contribution in [0.1, 0.15) is 12.8 Å². The van der Waals surface area contributed by atoms with Crippen molar-refractivity contribution in [3.8, 4) is 16.5 Å². The minimum Gasteiger partial charge on any atom is -0.477 e. The van der Waals surface area contributed by atoms with Gasteiger partial charge in [0, 0.05) is 16.5 Å². The average Bonchev–Trinajstić information content (AvgIpc) is 3.11. The van der Waals surface area contributed by atoms with Gasteiger partial charge in [0.2, 0.25) is 5.88 Å². The zero-order valence-corrected chi connectivity index (χ0v) is 16.8. The zero-order valence-electron chi connectivity index (χ0n) is 15.1. The number of ether oxygens (including phenoxy) is 1. The highest BCUT2D eigenvalue weighted by atomic mass is 32.2. The fourth-order valence-corrected chi connectivity index (χ4v) is 4.51. The van der Waals surface area contributed by atoms with E-state index < -0.39 is 0 Å². The van der Waals surface area contributed by atoms with Crippen molar-refractivity contribution >= 4 is 33.4 Å². The van der Waals surface area contributed by atoms with E-state index in [9.17, 15) is 0 Å². The molecule has 4 nitrogen and oxygen atoms in total. The number of rotatable bonds is 5. The number of aromatic nitrogens is 2. The van der Waals surface area contributed by atoms with E-state index in [1.165, 1.54) is 17.7 Å². The summed E-state index contributed by atoms with van der Waals surface area (Å²) in [7, 11) is 2.18. The van der Waals surface area contributed by atoms with E-state index in [0.717, 1.165) is 40.6 Å². The van der Waals surface area contributed by atoms with E-state index in [1.54, 1.807) is 23.1 Å². The minimum atomic E-state index is 0.635. The highest BCUT2D eigenvalue weighted by molar-refractivity contribution is 7.98. The van der Waals surface area contributed by atoms with Crippen LogP contribution in [0.5, 0.6) is 5.88 Å². The van der Waals surface area contributed by atoms with Gasteiger partial charge in [-0.2, -0.15) is 0 Å². The molecule has 0 unspecified atom stereocenters. The molecule has 0 bridgehead atoms. The number of nitrogens with zero attached hydrogens (tertiary/aromatic N) is 3. The van der Waals surface area contributed by atoms with Gasteiger partial charge in [-0.3, -0.25) is 0 Å². The van der Waals surface area contributed by atoms with Gasteiger partial charge >= 0.3 is 0 Å². The van der Waals surface area contributed by atoms with Crippen molar-refractivity contribution in [2.45, 2.75) is 17.7 Å². The number of likely N-dealkylation sites (tertiary alicyclic amines) is 1. The Morgan fingerprint density at radius 1 is 1.12 bits per heavy atom. The van der Waals surface area contributed by atoms with E-state index in [2.05, 4.69) is 47.5 Å². The molecule has 1 saturated heterocycles. The van der Waals surface area contributed by atoms with Crippen LogP contribution in [0.15, 0.2) is 41.3 Å². The molecule has 136 valence electrons. The Morgan fingerprint density at radius 3 is 2.62 bits per heavy atom. The molecule has 0 atom stereocenters. The van der Waals surface area contributed by atoms with Crippen LogP contribution < -0.4 is 4.74 Å². The van der Waals surface area contributed by atoms with Crippen molar-refractivity contribution in [2.24, 2.45) is 5.92 Å². The van der Waals surface area contributed by atoms with Gasteiger partial charge in [-0.25, -0.2) is 9.97 Å². The van der Waals surface area contributed by atoms with Gasteiger partial charge in [-0.15, -0.1) is 11.8 Å². The van der Waals surface area contributed by atoms with Gasteiger partial charge in [0.05, 0.1) is 6.61 Å². The maximum Gasteiger partial charge on any atom is 0.214 e. The third kappa shape index (κ3) is 4.03. The topological polar surface area (TPSA) is 38.2 Å². The SMILES string of the molecule is CSc1ccc(-c2nc3ccc(OCC4CCN(C)CC4)nc3s2)cc1. The summed E-state index contributed by atoms with van der Waals surface area (Å²) in [4.78, 5) is 14.0. The molecule has 1 fully saturated rings. The first-order chi connectivity index (χ1) is 12.7. The molecule has 0 spiro atoms. The van der Waals surface area contributed by atoms with E-state index >= 15 is 0 Å². The smallest absolute Gasteiger partial charge is 0.214 e. The van der Waals surface area contributed by atoms with Gasteiger partial charge in [0.15, 0.2) is 0 Å². The van der Waals surface area contributed by atoms with Crippen molar-refractivity contribution in [1.82, 2.24) is 14.9 Å². The van der Waals surface area contributed by atoms with Crippen LogP contribution in [-0.2, 0) is 0 Å². The Bertz CT molecular complexity index is 870. The van der Waals surface area contributed by atoms with Crippen LogP contribution in [-0.4, -0.2) is 47.9 Å². The lowest BCUT2D eigenvalue weighted by atomic mass is 9.98. The molecule has 26 heavy (non-hydrogen) atoms. The molecule has 0 N–H and O–H groups in total. The summed E-state index contributed by atoms with van der Waals surface area (Å²) in [5.41, 5.74) is 2.07. The molecule has 0 radical (unpaired) electrons. The summed E-state index contributed by atoms with van der Waals surface area (Å²) in [6.45, 7) is 3.08. The largest absolute Gasteiger partial charge is 0.477 e. The van der Waals surface area contributed by atoms with E-state index in [-0.39, 0.29) is 0 Å². The molecule has 0 amide bonds. The first-order valence-corrected chi connectivity index (χ1v) is 11.0. The monoisotopic (exact) mass is 385 g/mol. The first kappa shape index (κ1) is 17.8. The summed E-state index contributed by atoms with van der Waals surface area (Å²) in [5.74, 6) is 1.35. The second kappa shape index (κ2) is 7.94. The van der Waals surface area contributed by atoms with Crippen LogP contribution in [0.25, 0.3) is 20.9 Å². The van der Waals surface area contributed by atoms with Crippen LogP contribution in [0.2, 0.25) is 0 Å². The third-order valence-corrected chi connectivity index (χ3v) is 6.63. The Kier molecular flexibility index (Phi) is 5.43. The molecular weight excluding hydrogens is 362 g/mol. The second-order valence-corrected chi connectivity index (χ2v) is 8.64. The number of hydrogen-bond donors (Lipinski definition) is 0. The predicted molar refractivity (Wildman–Crippen MR) is 110 cm³/mol. The van der Waals surface area contributed by atoms with Crippen LogP contribution in [0.4, 0.5) is 0 Å². The van der Waals surface area contributed by atoms with Crippen molar-refractivity contribution < 1.29 is 4.74 Å². The van der Waals surface area contributed by atoms with Crippen LogP contribution in [0, 0.1) is 5.92 Å². The van der Waals surface area contributed by atoms with Crippen LogP contribution >= 0.6 is 23.1 Å². The molecule has 6 heteroatoms. The van der Waals surface area contributed by atoms with E-state index in [0.29, 0.717) is 11.8 Å². The predicted octanol–water partition coefficient (Wildman–Crippen LogP) is 4.80. The molecule has 4 rings (SSSR count). The lowest BCUT2D eigenvalue weighted by Gasteiger charge is -2.28. The van der Waals surface area contributed by atoms with Gasteiger partial charge in [0.1, 0.15) is 15.4 Å². The fourth-order valence-electron chi connectivity index (χ4n) is 3.17. The lowest BCUT2D eigenvalue weighted by molar-refractivity contribution is 0.157. The molecule has 0 aliphatic carbocycles. The second-order valence-electron chi connectivity index (χ2n) is 6.78. The molecule has 3 heterocycles. The number of piperidine rings is 1. The lowest BCUT2D eigenvalue weighted by Crippen LogP contribution is -2.32. The molecule has 1 aliphatic heterocycles. The number of thioether (sulfide) groups is 1. The Hall–Kier alpha value is -1.63. The van der Waals surface area contributed by atoms with E-state index in [1.807, 2.05) is 12.1 Å². The summed E-state index contributed by atoms with van der Waals surface area (Å²) in [5, 5.41) is 1.01. The molecule has 1 aromatic carbocycles. The van der Waals surface area contributed by atoms with Crippen molar-refractivity contribution in [3.05, 3.63) is 36.4 Å². The summed E-state index contributed by atoms with van der Waals surface area (Å²) in [6, 6.07) is 12.5. The normalized spacial score (nSPS) is 16.2. The fraction of sp³-hybridized carbons (Fsp3) is 0.400. The number of benzene rings is 1. The summed E-state index contributed by atoms with van der Waals surface area (Å²) >= 11 is 3.37. The van der Waals surface area contributed by atoms with Crippen molar-refractivity contribution in [3.63, 3.8) is 0 Å². The van der Waals surface area contributed by atoms with Gasteiger partial charge < -0.3 is 9.64 Å². The number of fused-ring (bicyclic) bond motifs is 1. The van der Waals surface area contributed by atoms with Crippen molar-refractivity contribution in [1.29, 1.82) is 0 Å². The maximum atomic E-state index is 5.98. The summed E-state index contributed by atoms with van der Waals surface area (Å²) in [6.07, 6.45) is 4.49. The van der Waals surface area contributed by atoms with Crippen molar-refractivity contribution in [2.75, 3.05) is 33.0 Å². The molecule has 0 saturated carbocycles. The highest BCUT2D eigenvalue weighted by Gasteiger charge is 2.17. The molecule has 3 aromatic rings. The molecule has 2 aromatic heterocycles. The maximum absolute atomic E-state index is 5.98. The number of pyridine rings is 1. The minimum absolute atomic E-state index is 0.635. The first-order valence-electron chi connectivity index (χ1n) is 8.94. The third-order valence-electron chi connectivity index (χ3n) is 4.87. The Morgan fingerprint density at radius 2 is 1.88 bits per heavy atom. The number of thiazole rings is 1.